The second kappa shape index (κ2) is 7.57. The van der Waals surface area contributed by atoms with Gasteiger partial charge in [0, 0.05) is 42.7 Å². The molecule has 1 fully saturated rings. The van der Waals surface area contributed by atoms with E-state index in [0.29, 0.717) is 12.1 Å². The number of rotatable bonds is 4. The van der Waals surface area contributed by atoms with Gasteiger partial charge in [0.15, 0.2) is 0 Å². The van der Waals surface area contributed by atoms with Crippen molar-refractivity contribution in [3.05, 3.63) is 60.2 Å². The van der Waals surface area contributed by atoms with Crippen molar-refractivity contribution in [3.63, 3.8) is 0 Å². The number of carbonyl (C=O) groups excluding carboxylic acids is 1. The average Bonchev–Trinajstić information content (AvgIpc) is 3.24. The first kappa shape index (κ1) is 17.2. The van der Waals surface area contributed by atoms with Crippen LogP contribution in [-0.4, -0.2) is 51.2 Å². The first-order valence-electron chi connectivity index (χ1n) is 9.00. The summed E-state index contributed by atoms with van der Waals surface area (Å²) in [6, 6.07) is 10.5. The maximum Gasteiger partial charge on any atom is 0.316 e. The fourth-order valence-corrected chi connectivity index (χ4v) is 3.57. The van der Waals surface area contributed by atoms with Crippen molar-refractivity contribution in [2.75, 3.05) is 20.2 Å². The zero-order valence-electron chi connectivity index (χ0n) is 15.1. The number of hydrogen-bond acceptors (Lipinski definition) is 5. The van der Waals surface area contributed by atoms with Crippen LogP contribution < -0.4 is 4.74 Å². The number of nitrogens with one attached hydrogen (secondary N) is 1. The summed E-state index contributed by atoms with van der Waals surface area (Å²) in [6.45, 7) is 1.38. The largest absolute Gasteiger partial charge is 0.467 e. The predicted octanol–water partition coefficient (Wildman–Crippen LogP) is 2.90. The van der Waals surface area contributed by atoms with Gasteiger partial charge in [0.2, 0.25) is 0 Å². The van der Waals surface area contributed by atoms with Crippen LogP contribution in [0.2, 0.25) is 0 Å². The van der Waals surface area contributed by atoms with Gasteiger partial charge in [-0.05, 0) is 18.4 Å². The summed E-state index contributed by atoms with van der Waals surface area (Å²) in [5.74, 6) is 0.169. The SMILES string of the molecule is COc1ncc(C(=O)N2CCC[C@H](c3[nH]ncc3-c3ccccc3)C2)cn1. The quantitative estimate of drug-likeness (QED) is 0.770. The topological polar surface area (TPSA) is 84.0 Å². The molecule has 1 saturated heterocycles. The minimum Gasteiger partial charge on any atom is -0.467 e. The summed E-state index contributed by atoms with van der Waals surface area (Å²) in [7, 11) is 1.50. The Morgan fingerprint density at radius 3 is 2.70 bits per heavy atom. The summed E-state index contributed by atoms with van der Waals surface area (Å²) < 4.78 is 4.96. The summed E-state index contributed by atoms with van der Waals surface area (Å²) in [5.41, 5.74) is 3.80. The Balaban J connectivity index is 1.53. The standard InChI is InChI=1S/C20H21N5O2/c1-27-20-21-10-16(11-22-20)19(26)25-9-5-8-15(13-25)18-17(12-23-24-18)14-6-3-2-4-7-14/h2-4,6-7,10-12,15H,5,8-9,13H2,1H3,(H,23,24)/t15-/m0/s1. The zero-order valence-corrected chi connectivity index (χ0v) is 15.1. The van der Waals surface area contributed by atoms with E-state index in [1.54, 1.807) is 0 Å². The van der Waals surface area contributed by atoms with E-state index in [4.69, 9.17) is 4.74 Å². The molecule has 1 amide bonds. The van der Waals surface area contributed by atoms with Crippen LogP contribution in [0.5, 0.6) is 6.01 Å². The number of aromatic amines is 1. The molecule has 1 N–H and O–H groups in total. The number of likely N-dealkylation sites (tertiary alicyclic amines) is 1. The fraction of sp³-hybridized carbons (Fsp3) is 0.300. The number of methoxy groups -OCH3 is 1. The molecule has 7 heteroatoms. The highest BCUT2D eigenvalue weighted by Gasteiger charge is 2.28. The van der Waals surface area contributed by atoms with Crippen LogP contribution >= 0.6 is 0 Å². The van der Waals surface area contributed by atoms with Crippen molar-refractivity contribution in [2.24, 2.45) is 0 Å². The minimum absolute atomic E-state index is 0.0527. The van der Waals surface area contributed by atoms with Gasteiger partial charge >= 0.3 is 6.01 Å². The molecule has 0 aliphatic carbocycles. The highest BCUT2D eigenvalue weighted by molar-refractivity contribution is 5.93. The molecule has 1 aliphatic heterocycles. The van der Waals surface area contributed by atoms with Crippen LogP contribution in [0, 0.1) is 0 Å². The second-order valence-electron chi connectivity index (χ2n) is 6.61. The molecular weight excluding hydrogens is 342 g/mol. The molecule has 3 heterocycles. The molecular formula is C20H21N5O2. The summed E-state index contributed by atoms with van der Waals surface area (Å²) >= 11 is 0. The molecule has 0 radical (unpaired) electrons. The third-order valence-corrected chi connectivity index (χ3v) is 4.93. The van der Waals surface area contributed by atoms with E-state index in [0.717, 1.165) is 36.2 Å². The lowest BCUT2D eigenvalue weighted by Gasteiger charge is -2.32. The molecule has 7 nitrogen and oxygen atoms in total. The third-order valence-electron chi connectivity index (χ3n) is 4.93. The van der Waals surface area contributed by atoms with Gasteiger partial charge in [0.1, 0.15) is 0 Å². The van der Waals surface area contributed by atoms with Crippen molar-refractivity contribution < 1.29 is 9.53 Å². The highest BCUT2D eigenvalue weighted by atomic mass is 16.5. The first-order chi connectivity index (χ1) is 13.3. The van der Waals surface area contributed by atoms with E-state index in [1.165, 1.54) is 19.5 Å². The first-order valence-corrected chi connectivity index (χ1v) is 9.00. The normalized spacial score (nSPS) is 16.9. The van der Waals surface area contributed by atoms with Crippen LogP contribution in [0.25, 0.3) is 11.1 Å². The molecule has 27 heavy (non-hydrogen) atoms. The number of amides is 1. The van der Waals surface area contributed by atoms with E-state index in [1.807, 2.05) is 29.3 Å². The van der Waals surface area contributed by atoms with Gasteiger partial charge in [0.25, 0.3) is 5.91 Å². The number of aromatic nitrogens is 4. The van der Waals surface area contributed by atoms with Crippen LogP contribution in [0.15, 0.2) is 48.9 Å². The predicted molar refractivity (Wildman–Crippen MR) is 100 cm³/mol. The Kier molecular flexibility index (Phi) is 4.82. The molecule has 1 aromatic carbocycles. The molecule has 138 valence electrons. The van der Waals surface area contributed by atoms with Crippen LogP contribution in [-0.2, 0) is 0 Å². The van der Waals surface area contributed by atoms with Crippen molar-refractivity contribution in [1.29, 1.82) is 0 Å². The monoisotopic (exact) mass is 363 g/mol. The molecule has 0 bridgehead atoms. The number of benzene rings is 1. The van der Waals surface area contributed by atoms with Gasteiger partial charge in [-0.3, -0.25) is 9.89 Å². The molecule has 4 rings (SSSR count). The van der Waals surface area contributed by atoms with Gasteiger partial charge in [-0.2, -0.15) is 5.10 Å². The number of hydrogen-bond donors (Lipinski definition) is 1. The second-order valence-corrected chi connectivity index (χ2v) is 6.61. The molecule has 0 unspecified atom stereocenters. The number of ether oxygens (including phenoxy) is 1. The molecule has 1 atom stereocenters. The van der Waals surface area contributed by atoms with E-state index in [-0.39, 0.29) is 17.8 Å². The summed E-state index contributed by atoms with van der Waals surface area (Å²) in [6.07, 6.45) is 6.86. The van der Waals surface area contributed by atoms with Crippen molar-refractivity contribution in [1.82, 2.24) is 25.1 Å². The van der Waals surface area contributed by atoms with E-state index in [9.17, 15) is 4.79 Å². The number of nitrogens with zero attached hydrogens (tertiary/aromatic N) is 4. The van der Waals surface area contributed by atoms with Gasteiger partial charge in [0.05, 0.1) is 18.9 Å². The van der Waals surface area contributed by atoms with Crippen molar-refractivity contribution in [3.8, 4) is 17.1 Å². The zero-order chi connectivity index (χ0) is 18.6. The van der Waals surface area contributed by atoms with Gasteiger partial charge < -0.3 is 9.64 Å². The van der Waals surface area contributed by atoms with E-state index >= 15 is 0 Å². The fourth-order valence-electron chi connectivity index (χ4n) is 3.57. The molecule has 3 aromatic rings. The van der Waals surface area contributed by atoms with Gasteiger partial charge in [-0.15, -0.1) is 0 Å². The Hall–Kier alpha value is -3.22. The molecule has 2 aromatic heterocycles. The van der Waals surface area contributed by atoms with E-state index in [2.05, 4.69) is 32.3 Å². The summed E-state index contributed by atoms with van der Waals surface area (Å²) in [4.78, 5) is 22.8. The smallest absolute Gasteiger partial charge is 0.316 e. The number of carbonyl (C=O) groups is 1. The van der Waals surface area contributed by atoms with Gasteiger partial charge in [-0.1, -0.05) is 30.3 Å². The Morgan fingerprint density at radius 1 is 1.19 bits per heavy atom. The maximum atomic E-state index is 12.8. The summed E-state index contributed by atoms with van der Waals surface area (Å²) in [5, 5.41) is 7.42. The average molecular weight is 363 g/mol. The lowest BCUT2D eigenvalue weighted by atomic mass is 9.90. The Labute approximate surface area is 157 Å². The molecule has 0 saturated carbocycles. The number of H-pyrrole nitrogens is 1. The van der Waals surface area contributed by atoms with Crippen molar-refractivity contribution >= 4 is 5.91 Å². The Bertz CT molecular complexity index is 908. The third kappa shape index (κ3) is 3.53. The van der Waals surface area contributed by atoms with Crippen LogP contribution in [0.3, 0.4) is 0 Å². The molecule has 0 spiro atoms. The van der Waals surface area contributed by atoms with Crippen LogP contribution in [0.4, 0.5) is 0 Å². The number of piperidine rings is 1. The van der Waals surface area contributed by atoms with Gasteiger partial charge in [-0.25, -0.2) is 9.97 Å². The maximum absolute atomic E-state index is 12.8. The Morgan fingerprint density at radius 2 is 1.96 bits per heavy atom. The highest BCUT2D eigenvalue weighted by Crippen LogP contribution is 2.33. The van der Waals surface area contributed by atoms with E-state index < -0.39 is 0 Å². The lowest BCUT2D eigenvalue weighted by molar-refractivity contribution is 0.0705. The van der Waals surface area contributed by atoms with Crippen molar-refractivity contribution in [2.45, 2.75) is 18.8 Å². The lowest BCUT2D eigenvalue weighted by Crippen LogP contribution is -2.39. The van der Waals surface area contributed by atoms with Crippen LogP contribution in [0.1, 0.15) is 34.8 Å². The molecule has 1 aliphatic rings. The minimum atomic E-state index is -0.0527.